The number of thiazole rings is 1. The van der Waals surface area contributed by atoms with Gasteiger partial charge in [0.05, 0.1) is 11.5 Å². The standard InChI is InChI=1S/C10H17N3OS/c1-8-6-13(4-3-12(8)2)10-11-5-9(7-14)15-10/h5,8,14H,3-4,6-7H2,1-2H3. The molecule has 4 nitrogen and oxygen atoms in total. The molecule has 1 saturated heterocycles. The van der Waals surface area contributed by atoms with Crippen molar-refractivity contribution in [3.63, 3.8) is 0 Å². The smallest absolute Gasteiger partial charge is 0.185 e. The van der Waals surface area contributed by atoms with Gasteiger partial charge in [0, 0.05) is 31.9 Å². The van der Waals surface area contributed by atoms with Gasteiger partial charge in [0.15, 0.2) is 5.13 Å². The van der Waals surface area contributed by atoms with E-state index in [9.17, 15) is 0 Å². The lowest BCUT2D eigenvalue weighted by Crippen LogP contribution is -2.50. The van der Waals surface area contributed by atoms with E-state index in [0.717, 1.165) is 29.6 Å². The number of piperazine rings is 1. The summed E-state index contributed by atoms with van der Waals surface area (Å²) in [7, 11) is 2.16. The Kier molecular flexibility index (Phi) is 3.23. The second-order valence-corrected chi connectivity index (χ2v) is 5.14. The zero-order chi connectivity index (χ0) is 10.8. The average molecular weight is 227 g/mol. The molecule has 1 atom stereocenters. The van der Waals surface area contributed by atoms with Crippen molar-refractivity contribution in [3.8, 4) is 0 Å². The summed E-state index contributed by atoms with van der Waals surface area (Å²) >= 11 is 1.59. The van der Waals surface area contributed by atoms with Gasteiger partial charge in [-0.2, -0.15) is 0 Å². The van der Waals surface area contributed by atoms with Gasteiger partial charge in [-0.1, -0.05) is 11.3 Å². The predicted octanol–water partition coefficient (Wildman–Crippen LogP) is 0.776. The van der Waals surface area contributed by atoms with E-state index in [-0.39, 0.29) is 6.61 Å². The molecule has 0 spiro atoms. The van der Waals surface area contributed by atoms with Gasteiger partial charge >= 0.3 is 0 Å². The Morgan fingerprint density at radius 1 is 1.60 bits per heavy atom. The Balaban J connectivity index is 2.05. The number of anilines is 1. The molecule has 1 aromatic heterocycles. The van der Waals surface area contributed by atoms with E-state index in [4.69, 9.17) is 5.11 Å². The topological polar surface area (TPSA) is 39.6 Å². The molecule has 1 fully saturated rings. The quantitative estimate of drug-likeness (QED) is 0.810. The second-order valence-electron chi connectivity index (χ2n) is 4.04. The summed E-state index contributed by atoms with van der Waals surface area (Å²) in [5, 5.41) is 10.0. The SMILES string of the molecule is CC1CN(c2ncc(CO)s2)CCN1C. The van der Waals surface area contributed by atoms with Crippen LogP contribution in [0.25, 0.3) is 0 Å². The lowest BCUT2D eigenvalue weighted by Gasteiger charge is -2.37. The van der Waals surface area contributed by atoms with Crippen LogP contribution in [0.1, 0.15) is 11.8 Å². The minimum atomic E-state index is 0.0982. The molecule has 1 aromatic rings. The van der Waals surface area contributed by atoms with Gasteiger partial charge in [-0.25, -0.2) is 4.98 Å². The van der Waals surface area contributed by atoms with Crippen LogP contribution in [0.3, 0.4) is 0 Å². The van der Waals surface area contributed by atoms with E-state index in [1.54, 1.807) is 17.5 Å². The first-order valence-corrected chi connectivity index (χ1v) is 6.03. The van der Waals surface area contributed by atoms with Crippen LogP contribution < -0.4 is 4.90 Å². The maximum Gasteiger partial charge on any atom is 0.185 e. The fourth-order valence-corrected chi connectivity index (χ4v) is 2.54. The molecule has 0 saturated carbocycles. The summed E-state index contributed by atoms with van der Waals surface area (Å²) in [6, 6.07) is 0.570. The number of aliphatic hydroxyl groups excluding tert-OH is 1. The Bertz CT molecular complexity index is 328. The number of rotatable bonds is 2. The minimum absolute atomic E-state index is 0.0982. The molecule has 1 aliphatic rings. The van der Waals surface area contributed by atoms with E-state index >= 15 is 0 Å². The lowest BCUT2D eigenvalue weighted by molar-refractivity contribution is 0.234. The monoisotopic (exact) mass is 227 g/mol. The van der Waals surface area contributed by atoms with Crippen molar-refractivity contribution in [2.75, 3.05) is 31.6 Å². The van der Waals surface area contributed by atoms with Gasteiger partial charge in [0.25, 0.3) is 0 Å². The summed E-state index contributed by atoms with van der Waals surface area (Å²) < 4.78 is 0. The first kappa shape index (κ1) is 10.9. The van der Waals surface area contributed by atoms with Crippen LogP contribution in [-0.4, -0.2) is 47.7 Å². The number of likely N-dealkylation sites (N-methyl/N-ethyl adjacent to an activating group) is 1. The van der Waals surface area contributed by atoms with Crippen LogP contribution in [0.4, 0.5) is 5.13 Å². The van der Waals surface area contributed by atoms with Gasteiger partial charge in [0.1, 0.15) is 0 Å². The molecule has 2 rings (SSSR count). The van der Waals surface area contributed by atoms with E-state index < -0.39 is 0 Å². The fourth-order valence-electron chi connectivity index (χ4n) is 1.74. The van der Waals surface area contributed by atoms with E-state index in [1.165, 1.54) is 0 Å². The van der Waals surface area contributed by atoms with Gasteiger partial charge in [-0.05, 0) is 14.0 Å². The maximum atomic E-state index is 8.99. The average Bonchev–Trinajstić information content (AvgIpc) is 2.70. The molecular weight excluding hydrogens is 210 g/mol. The van der Waals surface area contributed by atoms with Crippen molar-refractivity contribution in [2.24, 2.45) is 0 Å². The molecule has 1 unspecified atom stereocenters. The van der Waals surface area contributed by atoms with Crippen LogP contribution in [0.5, 0.6) is 0 Å². The van der Waals surface area contributed by atoms with Crippen molar-refractivity contribution < 1.29 is 5.11 Å². The van der Waals surface area contributed by atoms with Crippen LogP contribution in [0.2, 0.25) is 0 Å². The van der Waals surface area contributed by atoms with Crippen molar-refractivity contribution in [1.82, 2.24) is 9.88 Å². The highest BCUT2D eigenvalue weighted by atomic mass is 32.1. The molecule has 1 aliphatic heterocycles. The third-order valence-electron chi connectivity index (χ3n) is 2.93. The molecule has 0 bridgehead atoms. The first-order valence-electron chi connectivity index (χ1n) is 5.21. The van der Waals surface area contributed by atoms with Crippen LogP contribution in [0.15, 0.2) is 6.20 Å². The molecule has 0 amide bonds. The van der Waals surface area contributed by atoms with E-state index in [2.05, 4.69) is 28.8 Å². The Morgan fingerprint density at radius 3 is 3.00 bits per heavy atom. The van der Waals surface area contributed by atoms with Gasteiger partial charge in [0.2, 0.25) is 0 Å². The summed E-state index contributed by atoms with van der Waals surface area (Å²) in [6.45, 7) is 5.46. The van der Waals surface area contributed by atoms with Crippen LogP contribution >= 0.6 is 11.3 Å². The highest BCUT2D eigenvalue weighted by Gasteiger charge is 2.22. The van der Waals surface area contributed by atoms with Gasteiger partial charge < -0.3 is 14.9 Å². The molecule has 1 N–H and O–H groups in total. The Morgan fingerprint density at radius 2 is 2.40 bits per heavy atom. The molecule has 5 heteroatoms. The molecule has 84 valence electrons. The molecule has 0 aromatic carbocycles. The second kappa shape index (κ2) is 4.47. The lowest BCUT2D eigenvalue weighted by atomic mass is 10.2. The summed E-state index contributed by atoms with van der Waals surface area (Å²) in [6.07, 6.45) is 1.77. The highest BCUT2D eigenvalue weighted by molar-refractivity contribution is 7.15. The zero-order valence-corrected chi connectivity index (χ0v) is 10.00. The number of aromatic nitrogens is 1. The van der Waals surface area contributed by atoms with Gasteiger partial charge in [-0.3, -0.25) is 0 Å². The van der Waals surface area contributed by atoms with Crippen molar-refractivity contribution in [1.29, 1.82) is 0 Å². The van der Waals surface area contributed by atoms with E-state index in [1.807, 2.05) is 0 Å². The molecule has 0 radical (unpaired) electrons. The predicted molar refractivity (Wildman–Crippen MR) is 62.3 cm³/mol. The third-order valence-corrected chi connectivity index (χ3v) is 3.97. The Labute approximate surface area is 94.2 Å². The number of hydrogen-bond donors (Lipinski definition) is 1. The van der Waals surface area contributed by atoms with Crippen LogP contribution in [-0.2, 0) is 6.61 Å². The third kappa shape index (κ3) is 2.30. The zero-order valence-electron chi connectivity index (χ0n) is 9.18. The van der Waals surface area contributed by atoms with Crippen molar-refractivity contribution >= 4 is 16.5 Å². The van der Waals surface area contributed by atoms with E-state index in [0.29, 0.717) is 6.04 Å². The Hall–Kier alpha value is -0.650. The number of nitrogens with zero attached hydrogens (tertiary/aromatic N) is 3. The number of aliphatic hydroxyl groups is 1. The maximum absolute atomic E-state index is 8.99. The van der Waals surface area contributed by atoms with Gasteiger partial charge in [-0.15, -0.1) is 0 Å². The largest absolute Gasteiger partial charge is 0.391 e. The first-order chi connectivity index (χ1) is 7.20. The fraction of sp³-hybridized carbons (Fsp3) is 0.700. The summed E-state index contributed by atoms with van der Waals surface area (Å²) in [5.41, 5.74) is 0. The summed E-state index contributed by atoms with van der Waals surface area (Å²) in [5.74, 6) is 0. The molecule has 0 aliphatic carbocycles. The summed E-state index contributed by atoms with van der Waals surface area (Å²) in [4.78, 5) is 9.94. The molecular formula is C10H17N3OS. The normalized spacial score (nSPS) is 23.4. The number of hydrogen-bond acceptors (Lipinski definition) is 5. The van der Waals surface area contributed by atoms with Crippen molar-refractivity contribution in [3.05, 3.63) is 11.1 Å². The molecule has 15 heavy (non-hydrogen) atoms. The minimum Gasteiger partial charge on any atom is -0.391 e. The highest BCUT2D eigenvalue weighted by Crippen LogP contribution is 2.24. The van der Waals surface area contributed by atoms with Crippen LogP contribution in [0, 0.1) is 0 Å². The molecule has 2 heterocycles. The van der Waals surface area contributed by atoms with Crippen molar-refractivity contribution in [2.45, 2.75) is 19.6 Å².